The highest BCUT2D eigenvalue weighted by Gasteiger charge is 2.36. The number of carbonyl (C=O) groups excluding carboxylic acids is 2. The van der Waals surface area contributed by atoms with Crippen LogP contribution in [-0.2, 0) is 11.4 Å². The topological polar surface area (TPSA) is 70.4 Å². The first-order valence-corrected chi connectivity index (χ1v) is 12.8. The van der Waals surface area contributed by atoms with Gasteiger partial charge in [0.1, 0.15) is 6.61 Å². The molecule has 1 aliphatic carbocycles. The fraction of sp³-hybridized carbons (Fsp3) is 0.320. The van der Waals surface area contributed by atoms with E-state index in [9.17, 15) is 14.9 Å². The van der Waals surface area contributed by atoms with Gasteiger partial charge in [-0.3, -0.25) is 14.5 Å². The zero-order valence-corrected chi connectivity index (χ0v) is 21.0. The van der Waals surface area contributed by atoms with Gasteiger partial charge in [0.2, 0.25) is 0 Å². The van der Waals surface area contributed by atoms with E-state index in [-0.39, 0.29) is 17.8 Å². The molecule has 0 unspecified atom stereocenters. The summed E-state index contributed by atoms with van der Waals surface area (Å²) < 4.78 is 6.50. The van der Waals surface area contributed by atoms with Gasteiger partial charge in [0, 0.05) is 12.1 Å². The summed E-state index contributed by atoms with van der Waals surface area (Å²) in [4.78, 5) is 27.1. The highest BCUT2D eigenvalue weighted by Crippen LogP contribution is 2.38. The van der Waals surface area contributed by atoms with Crippen molar-refractivity contribution in [2.24, 2.45) is 5.92 Å². The quantitative estimate of drug-likeness (QED) is 0.360. The summed E-state index contributed by atoms with van der Waals surface area (Å²) in [5, 5.41) is 9.40. The van der Waals surface area contributed by atoms with Crippen molar-refractivity contribution < 1.29 is 14.3 Å². The number of hydrogen-bond donors (Lipinski definition) is 0. The molecule has 0 radical (unpaired) electrons. The number of halogens is 2. The molecule has 1 heterocycles. The summed E-state index contributed by atoms with van der Waals surface area (Å²) in [7, 11) is 0. The normalized spacial score (nSPS) is 18.1. The SMILES string of the molecule is N#Cc1ccccc1COc1c(Cl)cc(/C=C2/SC(=O)N(CC3CCCCC3)C2=O)cc1Br. The molecule has 170 valence electrons. The van der Waals surface area contributed by atoms with Gasteiger partial charge in [-0.25, -0.2) is 0 Å². The molecule has 1 saturated carbocycles. The molecule has 0 aromatic heterocycles. The fourth-order valence-electron chi connectivity index (χ4n) is 4.14. The first-order valence-electron chi connectivity index (χ1n) is 10.8. The number of imide groups is 1. The van der Waals surface area contributed by atoms with Crippen LogP contribution in [0.3, 0.4) is 0 Å². The molecule has 2 aromatic rings. The second-order valence-corrected chi connectivity index (χ2v) is 10.4. The minimum atomic E-state index is -0.240. The van der Waals surface area contributed by atoms with E-state index in [4.69, 9.17) is 16.3 Å². The molecular formula is C25H22BrClN2O3S. The number of benzene rings is 2. The second-order valence-electron chi connectivity index (χ2n) is 8.17. The van der Waals surface area contributed by atoms with Crippen LogP contribution in [-0.4, -0.2) is 22.6 Å². The van der Waals surface area contributed by atoms with Gasteiger partial charge in [-0.1, -0.05) is 49.1 Å². The number of amides is 2. The maximum Gasteiger partial charge on any atom is 0.293 e. The van der Waals surface area contributed by atoms with Crippen molar-refractivity contribution in [2.45, 2.75) is 38.7 Å². The Labute approximate surface area is 210 Å². The zero-order chi connectivity index (χ0) is 23.4. The Kier molecular flexibility index (Phi) is 7.79. The molecule has 4 rings (SSSR count). The number of ether oxygens (including phenoxy) is 1. The lowest BCUT2D eigenvalue weighted by molar-refractivity contribution is -0.123. The third-order valence-electron chi connectivity index (χ3n) is 5.87. The van der Waals surface area contributed by atoms with Gasteiger partial charge in [0.05, 0.1) is 26.0 Å². The molecule has 0 spiro atoms. The first-order chi connectivity index (χ1) is 16.0. The highest BCUT2D eigenvalue weighted by molar-refractivity contribution is 9.10. The van der Waals surface area contributed by atoms with E-state index in [0.717, 1.165) is 30.2 Å². The van der Waals surface area contributed by atoms with Crippen LogP contribution in [0.15, 0.2) is 45.8 Å². The van der Waals surface area contributed by atoms with Crippen LogP contribution in [0.5, 0.6) is 5.75 Å². The van der Waals surface area contributed by atoms with Crippen LogP contribution < -0.4 is 4.74 Å². The third-order valence-corrected chi connectivity index (χ3v) is 7.64. The molecule has 0 N–H and O–H groups in total. The number of nitrogens with zero attached hydrogens (tertiary/aromatic N) is 2. The number of rotatable bonds is 6. The number of hydrogen-bond acceptors (Lipinski definition) is 5. The van der Waals surface area contributed by atoms with E-state index in [1.807, 2.05) is 12.1 Å². The largest absolute Gasteiger partial charge is 0.486 e. The molecule has 1 aliphatic heterocycles. The summed E-state index contributed by atoms with van der Waals surface area (Å²) in [5.41, 5.74) is 2.00. The molecule has 0 bridgehead atoms. The van der Waals surface area contributed by atoms with Gasteiger partial charge in [0.15, 0.2) is 5.75 Å². The van der Waals surface area contributed by atoms with Crippen LogP contribution in [0.2, 0.25) is 5.02 Å². The molecule has 2 aromatic carbocycles. The summed E-state index contributed by atoms with van der Waals surface area (Å²) in [6, 6.07) is 12.9. The minimum absolute atomic E-state index is 0.196. The molecule has 2 aliphatic rings. The summed E-state index contributed by atoms with van der Waals surface area (Å²) in [6.45, 7) is 0.699. The average Bonchev–Trinajstić information content (AvgIpc) is 3.06. The Morgan fingerprint density at radius 1 is 1.21 bits per heavy atom. The van der Waals surface area contributed by atoms with Gasteiger partial charge >= 0.3 is 0 Å². The van der Waals surface area contributed by atoms with Crippen LogP contribution in [0.25, 0.3) is 6.08 Å². The lowest BCUT2D eigenvalue weighted by Gasteiger charge is -2.25. The van der Waals surface area contributed by atoms with Gasteiger partial charge < -0.3 is 4.74 Å². The van der Waals surface area contributed by atoms with E-state index in [0.29, 0.717) is 43.7 Å². The van der Waals surface area contributed by atoms with Crippen LogP contribution in [0.1, 0.15) is 48.8 Å². The minimum Gasteiger partial charge on any atom is -0.486 e. The maximum absolute atomic E-state index is 12.9. The highest BCUT2D eigenvalue weighted by atomic mass is 79.9. The first kappa shape index (κ1) is 23.9. The standard InChI is InChI=1S/C25H22BrClN2O3S/c26-20-10-17(11-21(27)23(20)32-15-19-9-5-4-8-18(19)13-28)12-22-24(30)29(25(31)33-22)14-16-6-2-1-3-7-16/h4-5,8-12,16H,1-3,6-7,14-15H2/b22-12+. The predicted octanol–water partition coefficient (Wildman–Crippen LogP) is 7.17. The lowest BCUT2D eigenvalue weighted by Crippen LogP contribution is -2.34. The number of nitriles is 1. The van der Waals surface area contributed by atoms with E-state index in [1.165, 1.54) is 24.2 Å². The monoisotopic (exact) mass is 544 g/mol. The van der Waals surface area contributed by atoms with Crippen molar-refractivity contribution in [1.29, 1.82) is 5.26 Å². The van der Waals surface area contributed by atoms with E-state index < -0.39 is 0 Å². The van der Waals surface area contributed by atoms with Crippen molar-refractivity contribution in [3.63, 3.8) is 0 Å². The van der Waals surface area contributed by atoms with Gasteiger partial charge in [-0.2, -0.15) is 5.26 Å². The molecule has 8 heteroatoms. The molecular weight excluding hydrogens is 524 g/mol. The average molecular weight is 546 g/mol. The predicted molar refractivity (Wildman–Crippen MR) is 134 cm³/mol. The Bertz CT molecular complexity index is 1130. The number of thioether (sulfide) groups is 1. The summed E-state index contributed by atoms with van der Waals surface area (Å²) >= 11 is 10.9. The van der Waals surface area contributed by atoms with Crippen LogP contribution >= 0.6 is 39.3 Å². The smallest absolute Gasteiger partial charge is 0.293 e. The molecule has 0 atom stereocenters. The van der Waals surface area contributed by atoms with E-state index >= 15 is 0 Å². The molecule has 1 saturated heterocycles. The summed E-state index contributed by atoms with van der Waals surface area (Å²) in [6.07, 6.45) is 7.41. The van der Waals surface area contributed by atoms with Crippen molar-refractivity contribution in [1.82, 2.24) is 4.90 Å². The lowest BCUT2D eigenvalue weighted by atomic mass is 9.89. The van der Waals surface area contributed by atoms with Crippen LogP contribution in [0, 0.1) is 17.2 Å². The van der Waals surface area contributed by atoms with Crippen molar-refractivity contribution in [2.75, 3.05) is 6.54 Å². The second kappa shape index (κ2) is 10.8. The van der Waals surface area contributed by atoms with Gasteiger partial charge in [0.25, 0.3) is 11.1 Å². The van der Waals surface area contributed by atoms with E-state index in [1.54, 1.807) is 30.3 Å². The maximum atomic E-state index is 12.9. The molecule has 2 fully saturated rings. The molecule has 33 heavy (non-hydrogen) atoms. The van der Waals surface area contributed by atoms with E-state index in [2.05, 4.69) is 22.0 Å². The summed E-state index contributed by atoms with van der Waals surface area (Å²) in [5.74, 6) is 0.612. The van der Waals surface area contributed by atoms with Crippen molar-refractivity contribution in [3.05, 3.63) is 67.5 Å². The Morgan fingerprint density at radius 3 is 2.70 bits per heavy atom. The Hall–Kier alpha value is -2.27. The van der Waals surface area contributed by atoms with Crippen molar-refractivity contribution >= 4 is 56.5 Å². The zero-order valence-electron chi connectivity index (χ0n) is 17.9. The van der Waals surface area contributed by atoms with Gasteiger partial charge in [-0.15, -0.1) is 0 Å². The Balaban J connectivity index is 1.48. The third kappa shape index (κ3) is 5.63. The Morgan fingerprint density at radius 2 is 1.97 bits per heavy atom. The van der Waals surface area contributed by atoms with Gasteiger partial charge in [-0.05, 0) is 76.3 Å². The van der Waals surface area contributed by atoms with Crippen LogP contribution in [0.4, 0.5) is 4.79 Å². The van der Waals surface area contributed by atoms with Crippen molar-refractivity contribution in [3.8, 4) is 11.8 Å². The molecule has 5 nitrogen and oxygen atoms in total. The number of carbonyl (C=O) groups is 2. The molecule has 2 amide bonds. The fourth-order valence-corrected chi connectivity index (χ4v) is 5.98.